The second-order valence-electron chi connectivity index (χ2n) is 3.69. The lowest BCUT2D eigenvalue weighted by Crippen LogP contribution is -2.50. The van der Waals surface area contributed by atoms with E-state index in [0.717, 1.165) is 0 Å². The fourth-order valence-electron chi connectivity index (χ4n) is 1.76. The summed E-state index contributed by atoms with van der Waals surface area (Å²) in [4.78, 5) is 13.7. The molecule has 0 aliphatic carbocycles. The Hall–Kier alpha value is -1.56. The van der Waals surface area contributed by atoms with Gasteiger partial charge in [0.2, 0.25) is 0 Å². The van der Waals surface area contributed by atoms with E-state index in [1.807, 2.05) is 0 Å². The first-order valence-electron chi connectivity index (χ1n) is 4.84. The summed E-state index contributed by atoms with van der Waals surface area (Å²) >= 11 is 0. The van der Waals surface area contributed by atoms with Gasteiger partial charge in [0.05, 0.1) is 6.54 Å². The number of azide groups is 1. The van der Waals surface area contributed by atoms with E-state index in [1.165, 1.54) is 0 Å². The van der Waals surface area contributed by atoms with Crippen LogP contribution in [0, 0.1) is 5.92 Å². The van der Waals surface area contributed by atoms with Gasteiger partial charge in [-0.1, -0.05) is 5.11 Å². The van der Waals surface area contributed by atoms with Crippen LogP contribution in [0.2, 0.25) is 0 Å². The molecule has 0 aromatic heterocycles. The smallest absolute Gasteiger partial charge is 0.407 e. The van der Waals surface area contributed by atoms with E-state index in [0.29, 0.717) is 4.90 Å². The summed E-state index contributed by atoms with van der Waals surface area (Å²) in [6.45, 7) is -0.654. The van der Waals surface area contributed by atoms with Gasteiger partial charge in [0.25, 0.3) is 5.92 Å². The van der Waals surface area contributed by atoms with Gasteiger partial charge in [0.1, 0.15) is 0 Å². The van der Waals surface area contributed by atoms with E-state index >= 15 is 0 Å². The summed E-state index contributed by atoms with van der Waals surface area (Å²) in [7, 11) is 0. The van der Waals surface area contributed by atoms with Gasteiger partial charge in [-0.3, -0.25) is 0 Å². The molecule has 1 N–H and O–H groups in total. The van der Waals surface area contributed by atoms with Crippen molar-refractivity contribution in [3.8, 4) is 0 Å². The quantitative estimate of drug-likeness (QED) is 0.461. The van der Waals surface area contributed by atoms with Crippen molar-refractivity contribution in [2.24, 2.45) is 11.0 Å². The van der Waals surface area contributed by atoms with Crippen LogP contribution in [0.4, 0.5) is 13.6 Å². The monoisotopic (exact) mass is 234 g/mol. The molecule has 1 unspecified atom stereocenters. The van der Waals surface area contributed by atoms with Crippen molar-refractivity contribution in [3.05, 3.63) is 10.4 Å². The van der Waals surface area contributed by atoms with Crippen molar-refractivity contribution in [1.82, 2.24) is 4.90 Å². The molecule has 1 fully saturated rings. The summed E-state index contributed by atoms with van der Waals surface area (Å²) < 4.78 is 26.9. The molecule has 0 aromatic carbocycles. The zero-order valence-corrected chi connectivity index (χ0v) is 8.51. The van der Waals surface area contributed by atoms with E-state index < -0.39 is 24.5 Å². The van der Waals surface area contributed by atoms with Gasteiger partial charge in [-0.15, -0.1) is 0 Å². The molecule has 1 aliphatic rings. The van der Waals surface area contributed by atoms with Gasteiger partial charge in [-0.05, 0) is 18.4 Å². The van der Waals surface area contributed by atoms with Gasteiger partial charge >= 0.3 is 6.09 Å². The zero-order chi connectivity index (χ0) is 12.2. The average Bonchev–Trinajstić information content (AvgIpc) is 2.19. The molecule has 0 radical (unpaired) electrons. The van der Waals surface area contributed by atoms with E-state index in [1.54, 1.807) is 0 Å². The predicted molar refractivity (Wildman–Crippen MR) is 51.3 cm³/mol. The number of carbonyl (C=O) groups is 1. The molecular weight excluding hydrogens is 222 g/mol. The topological polar surface area (TPSA) is 89.3 Å². The Balaban J connectivity index is 2.56. The van der Waals surface area contributed by atoms with E-state index in [4.69, 9.17) is 10.6 Å². The van der Waals surface area contributed by atoms with Gasteiger partial charge in [0, 0.05) is 23.9 Å². The summed E-state index contributed by atoms with van der Waals surface area (Å²) in [5.74, 6) is -3.95. The molecule has 16 heavy (non-hydrogen) atoms. The number of piperidine rings is 1. The molecule has 0 spiro atoms. The molecule has 90 valence electrons. The Bertz CT molecular complexity index is 317. The highest BCUT2D eigenvalue weighted by Crippen LogP contribution is 2.35. The summed E-state index contributed by atoms with van der Waals surface area (Å²) in [5, 5.41) is 11.8. The predicted octanol–water partition coefficient (Wildman–Crippen LogP) is 2.32. The number of amides is 1. The van der Waals surface area contributed by atoms with Crippen LogP contribution in [0.15, 0.2) is 5.11 Å². The minimum atomic E-state index is -3.04. The van der Waals surface area contributed by atoms with Gasteiger partial charge in [-0.25, -0.2) is 13.6 Å². The fraction of sp³-hybridized carbons (Fsp3) is 0.875. The summed E-state index contributed by atoms with van der Waals surface area (Å²) in [5.41, 5.74) is 8.03. The van der Waals surface area contributed by atoms with Crippen molar-refractivity contribution in [1.29, 1.82) is 0 Å². The third-order valence-electron chi connectivity index (χ3n) is 2.66. The molecule has 1 rings (SSSR count). The largest absolute Gasteiger partial charge is 0.465 e. The Morgan fingerprint density at radius 2 is 2.38 bits per heavy atom. The number of alkyl halides is 2. The highest BCUT2D eigenvalue weighted by atomic mass is 19.3. The highest BCUT2D eigenvalue weighted by Gasteiger charge is 2.45. The maximum Gasteiger partial charge on any atom is 0.407 e. The van der Waals surface area contributed by atoms with Crippen molar-refractivity contribution >= 4 is 6.09 Å². The number of carboxylic acid groups (broad SMARTS) is 1. The highest BCUT2D eigenvalue weighted by molar-refractivity contribution is 5.65. The standard InChI is InChI=1S/C8H12F2N4O2/c9-8(10)5-14(7(15)16)4-2-6(8)1-3-12-13-11/h6H,1-5H2,(H,15,16). The second-order valence-corrected chi connectivity index (χ2v) is 3.69. The third kappa shape index (κ3) is 2.96. The number of nitrogens with zero attached hydrogens (tertiary/aromatic N) is 4. The number of hydrogen-bond acceptors (Lipinski definition) is 2. The fourth-order valence-corrected chi connectivity index (χ4v) is 1.76. The number of likely N-dealkylation sites (tertiary alicyclic amines) is 1. The SMILES string of the molecule is [N-]=[N+]=NCCC1CCN(C(=O)O)CC1(F)F. The van der Waals surface area contributed by atoms with Crippen LogP contribution in [-0.2, 0) is 0 Å². The van der Waals surface area contributed by atoms with Crippen LogP contribution in [0.5, 0.6) is 0 Å². The molecule has 6 nitrogen and oxygen atoms in total. The Kier molecular flexibility index (Phi) is 3.89. The van der Waals surface area contributed by atoms with E-state index in [-0.39, 0.29) is 25.9 Å². The molecule has 0 bridgehead atoms. The Labute approximate surface area is 90.5 Å². The molecule has 1 atom stereocenters. The molecule has 8 heteroatoms. The Morgan fingerprint density at radius 1 is 1.69 bits per heavy atom. The third-order valence-corrected chi connectivity index (χ3v) is 2.66. The molecule has 1 amide bonds. The summed E-state index contributed by atoms with van der Waals surface area (Å²) in [6.07, 6.45) is -1.14. The lowest BCUT2D eigenvalue weighted by Gasteiger charge is -2.36. The van der Waals surface area contributed by atoms with Crippen molar-refractivity contribution in [3.63, 3.8) is 0 Å². The second kappa shape index (κ2) is 4.98. The van der Waals surface area contributed by atoms with Crippen LogP contribution in [0.1, 0.15) is 12.8 Å². The van der Waals surface area contributed by atoms with Gasteiger partial charge in [-0.2, -0.15) is 0 Å². The van der Waals surface area contributed by atoms with Crippen LogP contribution in [0.3, 0.4) is 0 Å². The molecule has 1 saturated heterocycles. The maximum atomic E-state index is 13.5. The molecular formula is C8H12F2N4O2. The number of rotatable bonds is 3. The average molecular weight is 234 g/mol. The van der Waals surface area contributed by atoms with Gasteiger partial charge < -0.3 is 10.0 Å². The first kappa shape index (κ1) is 12.5. The van der Waals surface area contributed by atoms with E-state index in [9.17, 15) is 13.6 Å². The van der Waals surface area contributed by atoms with E-state index in [2.05, 4.69) is 10.0 Å². The molecule has 1 heterocycles. The zero-order valence-electron chi connectivity index (χ0n) is 8.51. The maximum absolute atomic E-state index is 13.5. The normalized spacial score (nSPS) is 23.6. The first-order chi connectivity index (χ1) is 7.47. The number of halogens is 2. The van der Waals surface area contributed by atoms with Crippen molar-refractivity contribution < 1.29 is 18.7 Å². The van der Waals surface area contributed by atoms with Gasteiger partial charge in [0.15, 0.2) is 0 Å². The molecule has 1 aliphatic heterocycles. The minimum Gasteiger partial charge on any atom is -0.465 e. The molecule has 0 saturated carbocycles. The lowest BCUT2D eigenvalue weighted by molar-refractivity contribution is -0.105. The van der Waals surface area contributed by atoms with Crippen LogP contribution in [0.25, 0.3) is 10.4 Å². The van der Waals surface area contributed by atoms with Crippen LogP contribution >= 0.6 is 0 Å². The first-order valence-corrected chi connectivity index (χ1v) is 4.84. The number of hydrogen-bond donors (Lipinski definition) is 1. The Morgan fingerprint density at radius 3 is 2.88 bits per heavy atom. The van der Waals surface area contributed by atoms with Crippen LogP contribution < -0.4 is 0 Å². The lowest BCUT2D eigenvalue weighted by atomic mass is 9.90. The van der Waals surface area contributed by atoms with Crippen molar-refractivity contribution in [2.45, 2.75) is 18.8 Å². The van der Waals surface area contributed by atoms with Crippen molar-refractivity contribution in [2.75, 3.05) is 19.6 Å². The minimum absolute atomic E-state index is 0.0177. The molecule has 0 aromatic rings. The summed E-state index contributed by atoms with van der Waals surface area (Å²) in [6, 6.07) is 0. The van der Waals surface area contributed by atoms with Crippen LogP contribution in [-0.4, -0.2) is 41.7 Å².